The molecule has 2 heterocycles. The molecule has 0 fully saturated rings. The molecule has 1 aliphatic rings. The second kappa shape index (κ2) is 11.0. The summed E-state index contributed by atoms with van der Waals surface area (Å²) in [5.74, 6) is 0.704. The molecule has 7 heteroatoms. The topological polar surface area (TPSA) is 61.9 Å². The number of fused-ring (bicyclic) bond motifs is 1. The normalized spacial score (nSPS) is 15.2. The Morgan fingerprint density at radius 1 is 1.32 bits per heavy atom. The predicted molar refractivity (Wildman–Crippen MR) is 125 cm³/mol. The number of carbonyl (C=O) groups excluding carboxylic acids is 2. The van der Waals surface area contributed by atoms with Crippen LogP contribution in [-0.4, -0.2) is 54.5 Å². The molecule has 3 amide bonds. The maximum absolute atomic E-state index is 13.3. The molecule has 1 aromatic carbocycles. The van der Waals surface area contributed by atoms with E-state index in [1.807, 2.05) is 43.0 Å². The van der Waals surface area contributed by atoms with Gasteiger partial charge >= 0.3 is 6.03 Å². The smallest absolute Gasteiger partial charge is 0.318 e. The number of amides is 3. The van der Waals surface area contributed by atoms with Crippen molar-refractivity contribution in [1.29, 1.82) is 0 Å². The molecule has 1 N–H and O–H groups in total. The highest BCUT2D eigenvalue weighted by atomic mass is 32.1. The van der Waals surface area contributed by atoms with Crippen molar-refractivity contribution in [1.82, 2.24) is 15.1 Å². The average Bonchev–Trinajstić information content (AvgIpc) is 3.25. The quantitative estimate of drug-likeness (QED) is 0.594. The van der Waals surface area contributed by atoms with Gasteiger partial charge in [-0.1, -0.05) is 30.7 Å². The molecule has 0 saturated carbocycles. The lowest BCUT2D eigenvalue weighted by Crippen LogP contribution is -2.50. The van der Waals surface area contributed by atoms with E-state index in [2.05, 4.69) is 23.3 Å². The fourth-order valence-electron chi connectivity index (χ4n) is 3.66. The van der Waals surface area contributed by atoms with E-state index in [0.717, 1.165) is 24.2 Å². The zero-order valence-corrected chi connectivity index (χ0v) is 19.1. The van der Waals surface area contributed by atoms with Crippen molar-refractivity contribution in [2.45, 2.75) is 32.7 Å². The van der Waals surface area contributed by atoms with Gasteiger partial charge in [-0.05, 0) is 48.9 Å². The largest absolute Gasteiger partial charge is 0.491 e. The van der Waals surface area contributed by atoms with E-state index in [-0.39, 0.29) is 24.5 Å². The third-order valence-electron chi connectivity index (χ3n) is 5.33. The number of aryl methyl sites for hydroxylation is 1. The zero-order chi connectivity index (χ0) is 22.2. The molecular weight excluding hydrogens is 410 g/mol. The van der Waals surface area contributed by atoms with Crippen molar-refractivity contribution in [2.75, 3.05) is 32.8 Å². The number of carbonyl (C=O) groups is 2. The lowest BCUT2D eigenvalue weighted by Gasteiger charge is -2.37. The Morgan fingerprint density at radius 2 is 2.10 bits per heavy atom. The molecule has 31 heavy (non-hydrogen) atoms. The molecule has 6 nitrogen and oxygen atoms in total. The maximum atomic E-state index is 13.3. The number of hydrogen-bond acceptors (Lipinski definition) is 4. The highest BCUT2D eigenvalue weighted by molar-refractivity contribution is 7.10. The summed E-state index contributed by atoms with van der Waals surface area (Å²) < 4.78 is 6.06. The number of nitrogens with zero attached hydrogens (tertiary/aromatic N) is 2. The van der Waals surface area contributed by atoms with Crippen LogP contribution in [0.3, 0.4) is 0 Å². The first kappa shape index (κ1) is 22.9. The molecule has 1 atom stereocenters. The monoisotopic (exact) mass is 441 g/mol. The number of benzene rings is 1. The molecule has 1 aromatic heterocycles. The lowest BCUT2D eigenvalue weighted by molar-refractivity contribution is -0.135. The third kappa shape index (κ3) is 5.88. The van der Waals surface area contributed by atoms with Gasteiger partial charge in [0.05, 0.1) is 6.04 Å². The molecule has 1 unspecified atom stereocenters. The molecule has 2 aromatic rings. The molecule has 0 radical (unpaired) electrons. The Morgan fingerprint density at radius 3 is 2.81 bits per heavy atom. The Hall–Kier alpha value is -2.80. The van der Waals surface area contributed by atoms with Gasteiger partial charge in [-0.2, -0.15) is 0 Å². The van der Waals surface area contributed by atoms with Crippen LogP contribution in [0, 0.1) is 6.92 Å². The molecule has 0 aliphatic carbocycles. The number of hydrogen-bond donors (Lipinski definition) is 1. The number of nitrogens with one attached hydrogen (secondary N) is 1. The Balaban J connectivity index is 1.73. The van der Waals surface area contributed by atoms with Gasteiger partial charge < -0.3 is 19.9 Å². The van der Waals surface area contributed by atoms with E-state index >= 15 is 0 Å². The van der Waals surface area contributed by atoms with E-state index < -0.39 is 0 Å². The van der Waals surface area contributed by atoms with Crippen molar-refractivity contribution < 1.29 is 14.3 Å². The first-order valence-electron chi connectivity index (χ1n) is 10.7. The maximum Gasteiger partial charge on any atom is 0.318 e. The van der Waals surface area contributed by atoms with Gasteiger partial charge in [-0.3, -0.25) is 4.79 Å². The van der Waals surface area contributed by atoms with E-state index in [1.54, 1.807) is 17.4 Å². The minimum Gasteiger partial charge on any atom is -0.491 e. The molecular formula is C24H31N3O3S. The molecule has 1 aliphatic heterocycles. The second-order valence-corrected chi connectivity index (χ2v) is 8.68. The van der Waals surface area contributed by atoms with Crippen LogP contribution < -0.4 is 10.1 Å². The first-order valence-corrected chi connectivity index (χ1v) is 11.6. The van der Waals surface area contributed by atoms with Gasteiger partial charge in [0.1, 0.15) is 18.9 Å². The van der Waals surface area contributed by atoms with Crippen molar-refractivity contribution in [3.8, 4) is 5.75 Å². The van der Waals surface area contributed by atoms with Gasteiger partial charge in [0.25, 0.3) is 0 Å². The SMILES string of the molecule is C=CCN(CC(=O)N1CCc2sccc2C1COc1ccc(C)cc1)C(=O)NCCC. The summed E-state index contributed by atoms with van der Waals surface area (Å²) in [5, 5.41) is 4.91. The standard InChI is InChI=1S/C24H31N3O3S/c1-4-12-25-24(29)26(13-5-2)16-23(28)27-14-10-22-20(11-15-31-22)21(27)17-30-19-8-6-18(3)7-9-19/h5-9,11,15,21H,2,4,10,12-14,16-17H2,1,3H3,(H,25,29). The number of urea groups is 1. The molecule has 0 spiro atoms. The van der Waals surface area contributed by atoms with Gasteiger partial charge in [-0.25, -0.2) is 4.79 Å². The van der Waals surface area contributed by atoms with Gasteiger partial charge in [0.15, 0.2) is 0 Å². The van der Waals surface area contributed by atoms with Crippen LogP contribution >= 0.6 is 11.3 Å². The summed E-state index contributed by atoms with van der Waals surface area (Å²) >= 11 is 1.72. The highest BCUT2D eigenvalue weighted by Gasteiger charge is 2.33. The van der Waals surface area contributed by atoms with Crippen LogP contribution in [0.1, 0.15) is 35.4 Å². The summed E-state index contributed by atoms with van der Waals surface area (Å²) in [6.07, 6.45) is 3.31. The summed E-state index contributed by atoms with van der Waals surface area (Å²) in [5.41, 5.74) is 2.31. The average molecular weight is 442 g/mol. The minimum absolute atomic E-state index is 0.0159. The molecule has 3 rings (SSSR count). The van der Waals surface area contributed by atoms with Crippen LogP contribution in [0.2, 0.25) is 0 Å². The molecule has 0 bridgehead atoms. The summed E-state index contributed by atoms with van der Waals surface area (Å²) in [6.45, 7) is 9.67. The van der Waals surface area contributed by atoms with E-state index in [0.29, 0.717) is 26.2 Å². The van der Waals surface area contributed by atoms with Crippen LogP contribution in [0.5, 0.6) is 5.75 Å². The first-order chi connectivity index (χ1) is 15.0. The van der Waals surface area contributed by atoms with Crippen LogP contribution in [0.15, 0.2) is 48.4 Å². The Labute approximate surface area is 188 Å². The van der Waals surface area contributed by atoms with Crippen molar-refractivity contribution in [2.24, 2.45) is 0 Å². The fourth-order valence-corrected chi connectivity index (χ4v) is 4.59. The minimum atomic E-state index is -0.240. The highest BCUT2D eigenvalue weighted by Crippen LogP contribution is 2.34. The van der Waals surface area contributed by atoms with Crippen LogP contribution in [0.25, 0.3) is 0 Å². The second-order valence-electron chi connectivity index (χ2n) is 7.68. The van der Waals surface area contributed by atoms with Gasteiger partial charge in [0, 0.05) is 24.5 Å². The lowest BCUT2D eigenvalue weighted by atomic mass is 10.0. The summed E-state index contributed by atoms with van der Waals surface area (Å²) in [4.78, 5) is 30.4. The number of ether oxygens (including phenoxy) is 1. The van der Waals surface area contributed by atoms with Gasteiger partial charge in [-0.15, -0.1) is 17.9 Å². The van der Waals surface area contributed by atoms with Crippen LogP contribution in [0.4, 0.5) is 4.79 Å². The third-order valence-corrected chi connectivity index (χ3v) is 6.33. The van der Waals surface area contributed by atoms with E-state index in [9.17, 15) is 9.59 Å². The van der Waals surface area contributed by atoms with Crippen LogP contribution in [-0.2, 0) is 11.2 Å². The van der Waals surface area contributed by atoms with Crippen molar-refractivity contribution >= 4 is 23.3 Å². The van der Waals surface area contributed by atoms with Gasteiger partial charge in [0.2, 0.25) is 5.91 Å². The number of thiophene rings is 1. The van der Waals surface area contributed by atoms with Crippen molar-refractivity contribution in [3.63, 3.8) is 0 Å². The molecule has 0 saturated heterocycles. The zero-order valence-electron chi connectivity index (χ0n) is 18.3. The summed E-state index contributed by atoms with van der Waals surface area (Å²) in [7, 11) is 0. The van der Waals surface area contributed by atoms with Crippen molar-refractivity contribution in [3.05, 3.63) is 64.4 Å². The van der Waals surface area contributed by atoms with E-state index in [1.165, 1.54) is 15.3 Å². The Kier molecular flexibility index (Phi) is 8.12. The summed E-state index contributed by atoms with van der Waals surface area (Å²) in [6, 6.07) is 9.58. The Bertz CT molecular complexity index is 894. The van der Waals surface area contributed by atoms with E-state index in [4.69, 9.17) is 4.74 Å². The predicted octanol–water partition coefficient (Wildman–Crippen LogP) is 4.17. The molecule has 166 valence electrons. The fraction of sp³-hybridized carbons (Fsp3) is 0.417. The number of rotatable bonds is 9.